The van der Waals surface area contributed by atoms with Crippen molar-refractivity contribution in [1.82, 2.24) is 4.98 Å². The molecule has 0 saturated heterocycles. The van der Waals surface area contributed by atoms with Crippen LogP contribution in [0, 0.1) is 0 Å². The molecule has 0 unspecified atom stereocenters. The second-order valence-electron chi connectivity index (χ2n) is 4.16. The zero-order valence-electron chi connectivity index (χ0n) is 11.2. The summed E-state index contributed by atoms with van der Waals surface area (Å²) in [6.45, 7) is 8.57. The SMILES string of the molecule is C\C=C/C(=C\C(C)=C(\C)CC)c1cccnc1. The van der Waals surface area contributed by atoms with Crippen molar-refractivity contribution in [3.63, 3.8) is 0 Å². The van der Waals surface area contributed by atoms with Crippen molar-refractivity contribution in [2.75, 3.05) is 0 Å². The van der Waals surface area contributed by atoms with Crippen molar-refractivity contribution in [1.29, 1.82) is 0 Å². The molecule has 0 N–H and O–H groups in total. The van der Waals surface area contributed by atoms with E-state index >= 15 is 0 Å². The summed E-state index contributed by atoms with van der Waals surface area (Å²) >= 11 is 0. The van der Waals surface area contributed by atoms with Gasteiger partial charge in [0, 0.05) is 12.4 Å². The van der Waals surface area contributed by atoms with Gasteiger partial charge in [-0.15, -0.1) is 0 Å². The minimum absolute atomic E-state index is 1.10. The Morgan fingerprint density at radius 3 is 2.65 bits per heavy atom. The predicted octanol–water partition coefficient (Wildman–Crippen LogP) is 4.79. The highest BCUT2D eigenvalue weighted by Crippen LogP contribution is 2.19. The Balaban J connectivity index is 3.15. The summed E-state index contributed by atoms with van der Waals surface area (Å²) in [5.41, 5.74) is 5.14. The Morgan fingerprint density at radius 2 is 2.12 bits per heavy atom. The van der Waals surface area contributed by atoms with Crippen LogP contribution in [0.25, 0.3) is 5.57 Å². The minimum Gasteiger partial charge on any atom is -0.264 e. The molecule has 0 atom stereocenters. The van der Waals surface area contributed by atoms with E-state index in [1.807, 2.05) is 19.2 Å². The Kier molecular flexibility index (Phi) is 5.41. The summed E-state index contributed by atoms with van der Waals surface area (Å²) in [6.07, 6.45) is 11.2. The van der Waals surface area contributed by atoms with Crippen LogP contribution in [0.1, 0.15) is 39.7 Å². The number of hydrogen-bond acceptors (Lipinski definition) is 1. The van der Waals surface area contributed by atoms with Gasteiger partial charge in [0.25, 0.3) is 0 Å². The van der Waals surface area contributed by atoms with Gasteiger partial charge >= 0.3 is 0 Å². The molecular formula is C16H21N. The van der Waals surface area contributed by atoms with Crippen molar-refractivity contribution < 1.29 is 0 Å². The van der Waals surface area contributed by atoms with E-state index < -0.39 is 0 Å². The fourth-order valence-corrected chi connectivity index (χ4v) is 1.58. The van der Waals surface area contributed by atoms with E-state index in [4.69, 9.17) is 0 Å². The van der Waals surface area contributed by atoms with Crippen LogP contribution in [0.5, 0.6) is 0 Å². The molecule has 0 radical (unpaired) electrons. The van der Waals surface area contributed by atoms with Gasteiger partial charge in [0.1, 0.15) is 0 Å². The number of allylic oxidation sites excluding steroid dienone is 6. The molecule has 0 fully saturated rings. The Morgan fingerprint density at radius 1 is 1.35 bits per heavy atom. The number of rotatable bonds is 4. The van der Waals surface area contributed by atoms with E-state index in [2.05, 4.69) is 50.0 Å². The van der Waals surface area contributed by atoms with Gasteiger partial charge < -0.3 is 0 Å². The second kappa shape index (κ2) is 6.85. The second-order valence-corrected chi connectivity index (χ2v) is 4.16. The first-order chi connectivity index (χ1) is 8.19. The molecule has 1 heteroatoms. The average molecular weight is 227 g/mol. The smallest absolute Gasteiger partial charge is 0.0346 e. The zero-order chi connectivity index (χ0) is 12.7. The molecule has 0 aliphatic rings. The van der Waals surface area contributed by atoms with Crippen LogP contribution in [0.3, 0.4) is 0 Å². The molecule has 1 nitrogen and oxygen atoms in total. The maximum Gasteiger partial charge on any atom is 0.0346 e. The van der Waals surface area contributed by atoms with Gasteiger partial charge in [-0.05, 0) is 44.4 Å². The molecular weight excluding hydrogens is 206 g/mol. The molecule has 90 valence electrons. The number of aromatic nitrogens is 1. The highest BCUT2D eigenvalue weighted by atomic mass is 14.6. The lowest BCUT2D eigenvalue weighted by molar-refractivity contribution is 1.07. The molecule has 1 heterocycles. The summed E-state index contributed by atoms with van der Waals surface area (Å²) in [7, 11) is 0. The monoisotopic (exact) mass is 227 g/mol. The van der Waals surface area contributed by atoms with Crippen LogP contribution in [-0.2, 0) is 0 Å². The van der Waals surface area contributed by atoms with Gasteiger partial charge in [0.2, 0.25) is 0 Å². The predicted molar refractivity (Wildman–Crippen MR) is 75.7 cm³/mol. The van der Waals surface area contributed by atoms with Crippen LogP contribution in [0.2, 0.25) is 0 Å². The van der Waals surface area contributed by atoms with E-state index in [9.17, 15) is 0 Å². The van der Waals surface area contributed by atoms with Crippen molar-refractivity contribution in [3.05, 3.63) is 59.5 Å². The van der Waals surface area contributed by atoms with Gasteiger partial charge in [0.05, 0.1) is 0 Å². The minimum atomic E-state index is 1.10. The van der Waals surface area contributed by atoms with Gasteiger partial charge in [-0.2, -0.15) is 0 Å². The summed E-state index contributed by atoms with van der Waals surface area (Å²) in [6, 6.07) is 4.06. The lowest BCUT2D eigenvalue weighted by Crippen LogP contribution is -1.85. The van der Waals surface area contributed by atoms with Gasteiger partial charge in [-0.3, -0.25) is 4.98 Å². The molecule has 1 aromatic rings. The van der Waals surface area contributed by atoms with Crippen molar-refractivity contribution in [3.8, 4) is 0 Å². The van der Waals surface area contributed by atoms with Crippen LogP contribution >= 0.6 is 0 Å². The van der Waals surface area contributed by atoms with E-state index in [0.29, 0.717) is 0 Å². The third-order valence-corrected chi connectivity index (χ3v) is 2.92. The number of hydrogen-bond donors (Lipinski definition) is 0. The Bertz CT molecular complexity index is 436. The zero-order valence-corrected chi connectivity index (χ0v) is 11.2. The maximum atomic E-state index is 4.17. The summed E-state index contributed by atoms with van der Waals surface area (Å²) in [5.74, 6) is 0. The molecule has 0 aromatic carbocycles. The quantitative estimate of drug-likeness (QED) is 0.674. The Hall–Kier alpha value is -1.63. The van der Waals surface area contributed by atoms with Crippen LogP contribution in [0.15, 0.2) is 53.9 Å². The van der Waals surface area contributed by atoms with Crippen molar-refractivity contribution in [2.24, 2.45) is 0 Å². The highest BCUT2D eigenvalue weighted by Gasteiger charge is 1.99. The van der Waals surface area contributed by atoms with Crippen molar-refractivity contribution in [2.45, 2.75) is 34.1 Å². The molecule has 1 rings (SSSR count). The first kappa shape index (κ1) is 13.4. The molecule has 17 heavy (non-hydrogen) atoms. The van der Waals surface area contributed by atoms with E-state index in [-0.39, 0.29) is 0 Å². The fraction of sp³-hybridized carbons (Fsp3) is 0.312. The Labute approximate surface area is 105 Å². The topological polar surface area (TPSA) is 12.9 Å². The molecule has 0 saturated carbocycles. The van der Waals surface area contributed by atoms with Crippen LogP contribution in [0.4, 0.5) is 0 Å². The fourth-order valence-electron chi connectivity index (χ4n) is 1.58. The maximum absolute atomic E-state index is 4.17. The standard InChI is InChI=1S/C16H21N/c1-5-8-15(11-14(4)13(3)6-2)16-9-7-10-17-12-16/h5,7-12H,6H2,1-4H3/b8-5-,14-13-,15-11+. The van der Waals surface area contributed by atoms with Gasteiger partial charge in [0.15, 0.2) is 0 Å². The van der Waals surface area contributed by atoms with Crippen molar-refractivity contribution >= 4 is 5.57 Å². The normalized spacial score (nSPS) is 14.0. The van der Waals surface area contributed by atoms with Crippen LogP contribution in [-0.4, -0.2) is 4.98 Å². The first-order valence-electron chi connectivity index (χ1n) is 6.10. The van der Waals surface area contributed by atoms with E-state index in [0.717, 1.165) is 12.0 Å². The molecule has 0 aliphatic heterocycles. The van der Waals surface area contributed by atoms with Gasteiger partial charge in [-0.1, -0.05) is 42.4 Å². The van der Waals surface area contributed by atoms with E-state index in [1.54, 1.807) is 6.20 Å². The lowest BCUT2D eigenvalue weighted by atomic mass is 10.0. The highest BCUT2D eigenvalue weighted by molar-refractivity contribution is 5.75. The number of nitrogens with zero attached hydrogens (tertiary/aromatic N) is 1. The van der Waals surface area contributed by atoms with Gasteiger partial charge in [-0.25, -0.2) is 0 Å². The molecule has 0 bridgehead atoms. The lowest BCUT2D eigenvalue weighted by Gasteiger charge is -2.05. The molecule has 0 spiro atoms. The third kappa shape index (κ3) is 4.03. The molecule has 0 aliphatic carbocycles. The average Bonchev–Trinajstić information content (AvgIpc) is 2.38. The van der Waals surface area contributed by atoms with E-state index in [1.165, 1.54) is 16.7 Å². The molecule has 0 amide bonds. The largest absolute Gasteiger partial charge is 0.264 e. The summed E-state index contributed by atoms with van der Waals surface area (Å²) < 4.78 is 0. The third-order valence-electron chi connectivity index (χ3n) is 2.92. The molecule has 1 aromatic heterocycles. The number of pyridine rings is 1. The summed E-state index contributed by atoms with van der Waals surface area (Å²) in [4.78, 5) is 4.17. The first-order valence-corrected chi connectivity index (χ1v) is 6.10. The summed E-state index contributed by atoms with van der Waals surface area (Å²) in [5, 5.41) is 0. The van der Waals surface area contributed by atoms with Crippen LogP contribution < -0.4 is 0 Å².